The van der Waals surface area contributed by atoms with Crippen LogP contribution in [0.2, 0.25) is 0 Å². The lowest BCUT2D eigenvalue weighted by Gasteiger charge is -2.13. The topological polar surface area (TPSA) is 59.6 Å². The van der Waals surface area contributed by atoms with Gasteiger partial charge in [0.05, 0.1) is 5.69 Å². The third kappa shape index (κ3) is 7.01. The molecule has 0 aliphatic rings. The molecule has 8 heteroatoms. The number of alkyl halides is 3. The van der Waals surface area contributed by atoms with Gasteiger partial charge in [0.25, 0.3) is 0 Å². The predicted molar refractivity (Wildman–Crippen MR) is 128 cm³/mol. The van der Waals surface area contributed by atoms with Gasteiger partial charge < -0.3 is 20.1 Å². The molecule has 0 bridgehead atoms. The molecule has 0 aliphatic heterocycles. The molecule has 0 aliphatic carbocycles. The largest absolute Gasteiger partial charge is 0.573 e. The highest BCUT2D eigenvalue weighted by molar-refractivity contribution is 6.02. The van der Waals surface area contributed by atoms with Crippen LogP contribution in [-0.4, -0.2) is 12.4 Å². The maximum Gasteiger partial charge on any atom is 0.573 e. The van der Waals surface area contributed by atoms with Crippen molar-refractivity contribution >= 4 is 17.4 Å². The van der Waals surface area contributed by atoms with Crippen molar-refractivity contribution in [1.82, 2.24) is 0 Å². The van der Waals surface area contributed by atoms with Crippen LogP contribution in [0.5, 0.6) is 11.5 Å². The van der Waals surface area contributed by atoms with Crippen LogP contribution in [0, 0.1) is 0 Å². The third-order valence-electron chi connectivity index (χ3n) is 4.93. The zero-order chi connectivity index (χ0) is 24.7. The van der Waals surface area contributed by atoms with Crippen LogP contribution in [0.3, 0.4) is 0 Å². The van der Waals surface area contributed by atoms with Gasteiger partial charge in [0, 0.05) is 11.3 Å². The maximum atomic E-state index is 12.5. The number of anilines is 2. The average molecular weight is 478 g/mol. The number of hydrogen-bond donors (Lipinski definition) is 2. The summed E-state index contributed by atoms with van der Waals surface area (Å²) in [5.74, 6) is 0.351. The summed E-state index contributed by atoms with van der Waals surface area (Å²) in [7, 11) is 0. The fourth-order valence-electron chi connectivity index (χ4n) is 3.34. The Morgan fingerprint density at radius 3 is 2.03 bits per heavy atom. The molecule has 4 rings (SSSR count). The Kier molecular flexibility index (Phi) is 7.21. The number of nitrogens with one attached hydrogen (secondary N) is 2. The fourth-order valence-corrected chi connectivity index (χ4v) is 3.34. The average Bonchev–Trinajstić information content (AvgIpc) is 2.84. The number of benzene rings is 4. The van der Waals surface area contributed by atoms with Gasteiger partial charge in [0.2, 0.25) is 0 Å². The van der Waals surface area contributed by atoms with E-state index in [9.17, 15) is 18.0 Å². The van der Waals surface area contributed by atoms with Crippen LogP contribution in [-0.2, 0) is 6.61 Å². The van der Waals surface area contributed by atoms with Gasteiger partial charge in [-0.3, -0.25) is 0 Å². The molecule has 0 aromatic heterocycles. The molecule has 5 nitrogen and oxygen atoms in total. The van der Waals surface area contributed by atoms with E-state index in [0.29, 0.717) is 18.0 Å². The zero-order valence-corrected chi connectivity index (χ0v) is 18.4. The van der Waals surface area contributed by atoms with Crippen LogP contribution < -0.4 is 20.1 Å². The van der Waals surface area contributed by atoms with E-state index in [1.165, 1.54) is 12.1 Å². The van der Waals surface area contributed by atoms with Gasteiger partial charge in [-0.2, -0.15) is 0 Å². The molecule has 0 saturated heterocycles. The van der Waals surface area contributed by atoms with Gasteiger partial charge in [0.15, 0.2) is 0 Å². The van der Waals surface area contributed by atoms with Crippen molar-refractivity contribution in [2.75, 3.05) is 10.6 Å². The molecule has 0 radical (unpaired) electrons. The van der Waals surface area contributed by atoms with E-state index in [1.54, 1.807) is 12.1 Å². The van der Waals surface area contributed by atoms with E-state index >= 15 is 0 Å². The summed E-state index contributed by atoms with van der Waals surface area (Å²) in [6, 6.07) is 29.0. The van der Waals surface area contributed by atoms with Crippen LogP contribution >= 0.6 is 0 Å². The Bertz CT molecular complexity index is 1260. The van der Waals surface area contributed by atoms with E-state index in [1.807, 2.05) is 66.7 Å². The number of carbonyl (C=O) groups excluding carboxylic acids is 1. The molecule has 4 aromatic rings. The first-order chi connectivity index (χ1) is 16.9. The lowest BCUT2D eigenvalue weighted by Crippen LogP contribution is -2.20. The summed E-state index contributed by atoms with van der Waals surface area (Å²) in [5, 5.41) is 5.37. The molecule has 2 N–H and O–H groups in total. The predicted octanol–water partition coefficient (Wildman–Crippen LogP) is 7.48. The minimum Gasteiger partial charge on any atom is -0.489 e. The van der Waals surface area contributed by atoms with E-state index in [4.69, 9.17) is 4.74 Å². The van der Waals surface area contributed by atoms with Gasteiger partial charge >= 0.3 is 12.4 Å². The number of para-hydroxylation sites is 1. The lowest BCUT2D eigenvalue weighted by molar-refractivity contribution is -0.274. The standard InChI is InChI=1S/C27H21F3N2O3/c28-27(29,30)35-23-16-12-21(13-17-23)31-26(33)32-25-9-5-4-8-24(25)20-10-14-22(15-11-20)34-18-19-6-2-1-3-7-19/h1-17H,18H2,(H2,31,32,33). The SMILES string of the molecule is O=C(Nc1ccc(OC(F)(F)F)cc1)Nc1ccccc1-c1ccc(OCc2ccccc2)cc1. The van der Waals surface area contributed by atoms with Crippen LogP contribution in [0.25, 0.3) is 11.1 Å². The number of amides is 2. The monoisotopic (exact) mass is 478 g/mol. The molecule has 0 heterocycles. The molecule has 35 heavy (non-hydrogen) atoms. The quantitative estimate of drug-likeness (QED) is 0.290. The minimum absolute atomic E-state index is 0.314. The van der Waals surface area contributed by atoms with E-state index in [2.05, 4.69) is 15.4 Å². The normalized spacial score (nSPS) is 10.9. The van der Waals surface area contributed by atoms with Crippen molar-refractivity contribution < 1.29 is 27.4 Å². The van der Waals surface area contributed by atoms with Crippen molar-refractivity contribution in [3.8, 4) is 22.6 Å². The summed E-state index contributed by atoms with van der Waals surface area (Å²) in [6.07, 6.45) is -4.78. The second-order valence-corrected chi connectivity index (χ2v) is 7.50. The highest BCUT2D eigenvalue weighted by Gasteiger charge is 2.30. The Labute approximate surface area is 200 Å². The molecule has 0 spiro atoms. The summed E-state index contributed by atoms with van der Waals surface area (Å²) in [5.41, 5.74) is 3.63. The molecule has 178 valence electrons. The molecule has 0 fully saturated rings. The first-order valence-electron chi connectivity index (χ1n) is 10.7. The minimum atomic E-state index is -4.78. The van der Waals surface area contributed by atoms with Crippen LogP contribution in [0.15, 0.2) is 103 Å². The molecular weight excluding hydrogens is 457 g/mol. The van der Waals surface area contributed by atoms with Gasteiger partial charge in [-0.15, -0.1) is 13.2 Å². The van der Waals surface area contributed by atoms with E-state index in [0.717, 1.165) is 34.6 Å². The van der Waals surface area contributed by atoms with Crippen molar-refractivity contribution in [2.45, 2.75) is 13.0 Å². The Morgan fingerprint density at radius 2 is 1.34 bits per heavy atom. The number of hydrogen-bond acceptors (Lipinski definition) is 3. The summed E-state index contributed by atoms with van der Waals surface area (Å²) >= 11 is 0. The number of urea groups is 1. The number of carbonyl (C=O) groups is 1. The van der Waals surface area contributed by atoms with Gasteiger partial charge in [-0.05, 0) is 53.6 Å². The lowest BCUT2D eigenvalue weighted by atomic mass is 10.0. The van der Waals surface area contributed by atoms with Crippen molar-refractivity contribution in [3.05, 3.63) is 109 Å². The van der Waals surface area contributed by atoms with E-state index in [-0.39, 0.29) is 5.75 Å². The van der Waals surface area contributed by atoms with Crippen molar-refractivity contribution in [3.63, 3.8) is 0 Å². The second-order valence-electron chi connectivity index (χ2n) is 7.50. The van der Waals surface area contributed by atoms with E-state index < -0.39 is 12.4 Å². The van der Waals surface area contributed by atoms with Crippen molar-refractivity contribution in [1.29, 1.82) is 0 Å². The highest BCUT2D eigenvalue weighted by Crippen LogP contribution is 2.30. The van der Waals surface area contributed by atoms with Gasteiger partial charge in [-0.25, -0.2) is 4.79 Å². The Balaban J connectivity index is 1.39. The fraction of sp³-hybridized carbons (Fsp3) is 0.0741. The van der Waals surface area contributed by atoms with Crippen LogP contribution in [0.1, 0.15) is 5.56 Å². The third-order valence-corrected chi connectivity index (χ3v) is 4.93. The summed E-state index contributed by atoms with van der Waals surface area (Å²) in [6.45, 7) is 0.460. The second kappa shape index (κ2) is 10.6. The number of rotatable bonds is 7. The molecule has 2 amide bonds. The first-order valence-corrected chi connectivity index (χ1v) is 10.7. The number of ether oxygens (including phenoxy) is 2. The summed E-state index contributed by atoms with van der Waals surface area (Å²) < 4.78 is 46.5. The number of halogens is 3. The van der Waals surface area contributed by atoms with Gasteiger partial charge in [0.1, 0.15) is 18.1 Å². The zero-order valence-electron chi connectivity index (χ0n) is 18.4. The van der Waals surface area contributed by atoms with Crippen LogP contribution in [0.4, 0.5) is 29.3 Å². The molecule has 0 atom stereocenters. The molecular formula is C27H21F3N2O3. The maximum absolute atomic E-state index is 12.5. The summed E-state index contributed by atoms with van der Waals surface area (Å²) in [4.78, 5) is 12.5. The Hall–Kier alpha value is -4.46. The highest BCUT2D eigenvalue weighted by atomic mass is 19.4. The smallest absolute Gasteiger partial charge is 0.489 e. The van der Waals surface area contributed by atoms with Crippen molar-refractivity contribution in [2.24, 2.45) is 0 Å². The molecule has 4 aromatic carbocycles. The molecule has 0 saturated carbocycles. The molecule has 0 unspecified atom stereocenters. The van der Waals surface area contributed by atoms with Gasteiger partial charge in [-0.1, -0.05) is 60.7 Å². The first kappa shape index (κ1) is 23.7. The Morgan fingerprint density at radius 1 is 0.714 bits per heavy atom.